The van der Waals surface area contributed by atoms with E-state index in [0.717, 1.165) is 61.4 Å². The summed E-state index contributed by atoms with van der Waals surface area (Å²) in [5.41, 5.74) is 2.71. The monoisotopic (exact) mass is 486 g/mol. The Morgan fingerprint density at radius 3 is 2.39 bits per heavy atom. The fourth-order valence-electron chi connectivity index (χ4n) is 5.06. The van der Waals surface area contributed by atoms with Crippen LogP contribution in [0.1, 0.15) is 49.8 Å². The molecule has 0 N–H and O–H groups in total. The molecule has 2 aliphatic heterocycles. The first-order chi connectivity index (χ1) is 17.7. The van der Waals surface area contributed by atoms with Crippen molar-refractivity contribution in [3.8, 4) is 5.75 Å². The molecule has 0 saturated carbocycles. The molecular weight excluding hydrogens is 452 g/mol. The summed E-state index contributed by atoms with van der Waals surface area (Å²) in [6.45, 7) is 3.47. The van der Waals surface area contributed by atoms with Crippen LogP contribution in [0.2, 0.25) is 0 Å². The van der Waals surface area contributed by atoms with Crippen LogP contribution in [-0.4, -0.2) is 57.2 Å². The van der Waals surface area contributed by atoms with E-state index in [1.807, 2.05) is 70.2 Å². The highest BCUT2D eigenvalue weighted by Crippen LogP contribution is 2.22. The molecule has 2 amide bonds. The number of imidazole rings is 1. The molecule has 0 atom stereocenters. The van der Waals surface area contributed by atoms with Gasteiger partial charge in [-0.2, -0.15) is 0 Å². The zero-order chi connectivity index (χ0) is 24.7. The summed E-state index contributed by atoms with van der Waals surface area (Å²) in [7, 11) is 0. The van der Waals surface area contributed by atoms with Gasteiger partial charge in [0.1, 0.15) is 18.0 Å². The summed E-state index contributed by atoms with van der Waals surface area (Å²) in [5.74, 6) is 1.11. The molecule has 2 saturated heterocycles. The fraction of sp³-hybridized carbons (Fsp3) is 0.414. The highest BCUT2D eigenvalue weighted by molar-refractivity contribution is 5.92. The van der Waals surface area contributed by atoms with E-state index in [1.165, 1.54) is 12.8 Å². The van der Waals surface area contributed by atoms with Crippen LogP contribution in [0.3, 0.4) is 0 Å². The lowest BCUT2D eigenvalue weighted by molar-refractivity contribution is -0.139. The Morgan fingerprint density at radius 1 is 0.917 bits per heavy atom. The number of aromatic nitrogens is 2. The van der Waals surface area contributed by atoms with Gasteiger partial charge in [0, 0.05) is 50.6 Å². The zero-order valence-corrected chi connectivity index (χ0v) is 20.7. The van der Waals surface area contributed by atoms with E-state index in [2.05, 4.69) is 9.88 Å². The Bertz CT molecular complexity index is 1170. The molecule has 7 heteroatoms. The van der Waals surface area contributed by atoms with Crippen LogP contribution >= 0.6 is 0 Å². The van der Waals surface area contributed by atoms with Crippen molar-refractivity contribution >= 4 is 23.5 Å². The molecule has 0 unspecified atom stereocenters. The Labute approximate surface area is 212 Å². The van der Waals surface area contributed by atoms with Gasteiger partial charge in [0.25, 0.3) is 0 Å². The van der Waals surface area contributed by atoms with Gasteiger partial charge in [-0.25, -0.2) is 4.98 Å². The van der Waals surface area contributed by atoms with E-state index in [-0.39, 0.29) is 11.8 Å². The van der Waals surface area contributed by atoms with E-state index in [1.54, 1.807) is 6.08 Å². The summed E-state index contributed by atoms with van der Waals surface area (Å²) in [5, 5.41) is 0. The molecule has 188 valence electrons. The third-order valence-electron chi connectivity index (χ3n) is 7.17. The van der Waals surface area contributed by atoms with Gasteiger partial charge < -0.3 is 18.9 Å². The second-order valence-electron chi connectivity index (χ2n) is 9.73. The first-order valence-corrected chi connectivity index (χ1v) is 13.1. The minimum absolute atomic E-state index is 0.00264. The molecule has 2 aliphatic rings. The number of pyridine rings is 1. The largest absolute Gasteiger partial charge is 0.487 e. The molecule has 7 nitrogen and oxygen atoms in total. The lowest BCUT2D eigenvalue weighted by atomic mass is 9.95. The quantitative estimate of drug-likeness (QED) is 0.479. The fourth-order valence-corrected chi connectivity index (χ4v) is 5.06. The summed E-state index contributed by atoms with van der Waals surface area (Å²) >= 11 is 0. The molecule has 5 rings (SSSR count). The SMILES string of the molecule is O=C(/C=C/c1ccc(OCc2cn3ccccc3n2)cc1)N1CCC(C(=O)N2CCCCCC2)CC1. The molecule has 3 aromatic rings. The van der Waals surface area contributed by atoms with Crippen LogP contribution < -0.4 is 4.74 Å². The molecular formula is C29H34N4O3. The lowest BCUT2D eigenvalue weighted by Crippen LogP contribution is -2.44. The van der Waals surface area contributed by atoms with Gasteiger partial charge in [-0.1, -0.05) is 31.0 Å². The van der Waals surface area contributed by atoms with E-state index in [9.17, 15) is 9.59 Å². The van der Waals surface area contributed by atoms with Gasteiger partial charge in [0.05, 0.1) is 5.69 Å². The van der Waals surface area contributed by atoms with Gasteiger partial charge in [0.2, 0.25) is 11.8 Å². The lowest BCUT2D eigenvalue weighted by Gasteiger charge is -2.33. The molecule has 36 heavy (non-hydrogen) atoms. The number of likely N-dealkylation sites (tertiary alicyclic amines) is 2. The van der Waals surface area contributed by atoms with Gasteiger partial charge in [-0.05, 0) is 61.6 Å². The second-order valence-corrected chi connectivity index (χ2v) is 9.73. The number of hydrogen-bond acceptors (Lipinski definition) is 4. The Morgan fingerprint density at radius 2 is 1.67 bits per heavy atom. The van der Waals surface area contributed by atoms with Crippen molar-refractivity contribution in [3.05, 3.63) is 72.2 Å². The van der Waals surface area contributed by atoms with Crippen LogP contribution in [0, 0.1) is 5.92 Å². The van der Waals surface area contributed by atoms with E-state index >= 15 is 0 Å². The Balaban J connectivity index is 1.08. The smallest absolute Gasteiger partial charge is 0.246 e. The molecule has 0 radical (unpaired) electrons. The zero-order valence-electron chi connectivity index (χ0n) is 20.7. The van der Waals surface area contributed by atoms with E-state index in [4.69, 9.17) is 4.74 Å². The van der Waals surface area contributed by atoms with Gasteiger partial charge >= 0.3 is 0 Å². The highest BCUT2D eigenvalue weighted by atomic mass is 16.5. The standard InChI is InChI=1S/C29H34N4O3/c34-28(31-19-14-24(15-20-31)29(35)32-16-4-1-2-5-17-32)13-10-23-8-11-26(12-9-23)36-22-25-21-33-18-6-3-7-27(33)30-25/h3,6-13,18,21,24H,1-2,4-5,14-17,19-20,22H2/b13-10+. The van der Waals surface area contributed by atoms with Crippen molar-refractivity contribution in [2.75, 3.05) is 26.2 Å². The number of carbonyl (C=O) groups is 2. The Hall–Kier alpha value is -3.61. The highest BCUT2D eigenvalue weighted by Gasteiger charge is 2.29. The van der Waals surface area contributed by atoms with Gasteiger partial charge in [-0.3, -0.25) is 9.59 Å². The van der Waals surface area contributed by atoms with Crippen LogP contribution in [0.25, 0.3) is 11.7 Å². The predicted octanol–water partition coefficient (Wildman–Crippen LogP) is 4.57. The topological polar surface area (TPSA) is 67.2 Å². The number of benzene rings is 1. The number of hydrogen-bond donors (Lipinski definition) is 0. The van der Waals surface area contributed by atoms with Crippen molar-refractivity contribution in [2.24, 2.45) is 5.92 Å². The molecule has 2 aromatic heterocycles. The van der Waals surface area contributed by atoms with Gasteiger partial charge in [0.15, 0.2) is 0 Å². The van der Waals surface area contributed by atoms with Crippen molar-refractivity contribution in [3.63, 3.8) is 0 Å². The second kappa shape index (κ2) is 11.4. The number of fused-ring (bicyclic) bond motifs is 1. The molecule has 0 bridgehead atoms. The average Bonchev–Trinajstić information content (AvgIpc) is 3.14. The van der Waals surface area contributed by atoms with Crippen LogP contribution in [0.4, 0.5) is 0 Å². The first kappa shape index (κ1) is 24.1. The third-order valence-corrected chi connectivity index (χ3v) is 7.17. The minimum atomic E-state index is 0.00264. The van der Waals surface area contributed by atoms with Crippen molar-refractivity contribution < 1.29 is 14.3 Å². The Kier molecular flexibility index (Phi) is 7.64. The maximum absolute atomic E-state index is 12.9. The number of rotatable bonds is 6. The number of amides is 2. The summed E-state index contributed by atoms with van der Waals surface area (Å²) < 4.78 is 7.84. The van der Waals surface area contributed by atoms with E-state index < -0.39 is 0 Å². The first-order valence-electron chi connectivity index (χ1n) is 13.1. The van der Waals surface area contributed by atoms with Crippen molar-refractivity contribution in [1.82, 2.24) is 19.2 Å². The maximum Gasteiger partial charge on any atom is 0.246 e. The van der Waals surface area contributed by atoms with Crippen LogP contribution in [0.5, 0.6) is 5.75 Å². The maximum atomic E-state index is 12.9. The van der Waals surface area contributed by atoms with Gasteiger partial charge in [-0.15, -0.1) is 0 Å². The summed E-state index contributed by atoms with van der Waals surface area (Å²) in [6.07, 6.45) is 13.6. The van der Waals surface area contributed by atoms with Crippen molar-refractivity contribution in [2.45, 2.75) is 45.1 Å². The van der Waals surface area contributed by atoms with Crippen LogP contribution in [0.15, 0.2) is 60.9 Å². The predicted molar refractivity (Wildman–Crippen MR) is 139 cm³/mol. The van der Waals surface area contributed by atoms with Crippen molar-refractivity contribution in [1.29, 1.82) is 0 Å². The number of piperidine rings is 1. The minimum Gasteiger partial charge on any atom is -0.487 e. The molecule has 4 heterocycles. The molecule has 2 fully saturated rings. The number of nitrogens with zero attached hydrogens (tertiary/aromatic N) is 4. The van der Waals surface area contributed by atoms with E-state index in [0.29, 0.717) is 25.6 Å². The molecule has 1 aromatic carbocycles. The third kappa shape index (κ3) is 5.96. The average molecular weight is 487 g/mol. The summed E-state index contributed by atoms with van der Waals surface area (Å²) in [6, 6.07) is 13.6. The summed E-state index contributed by atoms with van der Waals surface area (Å²) in [4.78, 5) is 34.0. The molecule has 0 spiro atoms. The normalized spacial score (nSPS) is 17.4. The number of carbonyl (C=O) groups excluding carboxylic acids is 2. The molecule has 0 aliphatic carbocycles. The number of ether oxygens (including phenoxy) is 1. The van der Waals surface area contributed by atoms with Crippen LogP contribution in [-0.2, 0) is 16.2 Å².